The number of hydrogen-bond donors (Lipinski definition) is 6. The summed E-state index contributed by atoms with van der Waals surface area (Å²) in [4.78, 5) is 1.01. The van der Waals surface area contributed by atoms with Crippen molar-refractivity contribution >= 4 is 25.5 Å². The molecule has 7 atom stereocenters. The summed E-state index contributed by atoms with van der Waals surface area (Å²) in [5, 5.41) is 10.9. The van der Waals surface area contributed by atoms with Crippen LogP contribution in [-0.4, -0.2) is 51.5 Å². The maximum absolute atomic E-state index is 14.3. The standard InChI is InChI=1S/C41H57FN2OS2.C3H9N.8C2H6.CH5N/c1-10-29-23-43-27(8)28(9)44-40(24(4)5)38(12-3)32-15-16-33(39(46)22-32)19-36-21-34(29)20-35(41(36)45-47)18-30-13-14-31(17-25(30)6)37(11-2)26(7)42;1-3-4-2;9*1-2/h11,13-17,20-22,24,26-29,37-38,40,43-44,46-47H,2,10,12,18-19,23H2,1,3-9H3;4H,3H2,1-2H3;8*1-2H3;2H2,1H3. The van der Waals surface area contributed by atoms with Crippen LogP contribution < -0.4 is 25.9 Å². The van der Waals surface area contributed by atoms with Gasteiger partial charge in [0.25, 0.3) is 0 Å². The zero-order chi connectivity index (χ0) is 55.8. The quantitative estimate of drug-likeness (QED) is 0.0694. The molecule has 5 N–H and O–H groups in total. The fraction of sp³-hybridized carbons (Fsp3) is 0.672. The Morgan fingerprint density at radius 3 is 1.67 bits per heavy atom. The number of benzene rings is 3. The number of rotatable bonds is 10. The monoisotopic (exact) mass is 1010 g/mol. The highest BCUT2D eigenvalue weighted by molar-refractivity contribution is 7.80. The first kappa shape index (κ1) is 80.8. The molecule has 5 rings (SSSR count). The third-order valence-electron chi connectivity index (χ3n) is 11.0. The van der Waals surface area contributed by atoms with E-state index in [2.05, 4.69) is 139 Å². The predicted molar refractivity (Wildman–Crippen MR) is 325 cm³/mol. The lowest BCUT2D eigenvalue weighted by Crippen LogP contribution is -2.52. The van der Waals surface area contributed by atoms with Crippen LogP contribution in [0.2, 0.25) is 0 Å². The van der Waals surface area contributed by atoms with Gasteiger partial charge in [0.2, 0.25) is 0 Å². The molecule has 0 amide bonds. The number of halogens is 1. The first-order valence-electron chi connectivity index (χ1n) is 27.7. The maximum Gasteiger partial charge on any atom is 0.144 e. The number of fused-ring (bicyclic) bond motifs is 9. The van der Waals surface area contributed by atoms with Crippen LogP contribution >= 0.6 is 25.5 Å². The second kappa shape index (κ2) is 55.0. The highest BCUT2D eigenvalue weighted by Gasteiger charge is 2.29. The van der Waals surface area contributed by atoms with Gasteiger partial charge in [0.15, 0.2) is 0 Å². The molecule has 0 aromatic heterocycles. The fourth-order valence-corrected chi connectivity index (χ4v) is 7.94. The van der Waals surface area contributed by atoms with E-state index < -0.39 is 6.17 Å². The van der Waals surface area contributed by atoms with Crippen LogP contribution in [0.15, 0.2) is 66.1 Å². The van der Waals surface area contributed by atoms with E-state index in [0.717, 1.165) is 58.8 Å². The third-order valence-corrected chi connectivity index (χ3v) is 11.6. The van der Waals surface area contributed by atoms with Gasteiger partial charge >= 0.3 is 0 Å². The number of allylic oxidation sites excluding steroid dienone is 1. The molecule has 0 radical (unpaired) electrons. The molecule has 2 heterocycles. The van der Waals surface area contributed by atoms with E-state index in [1.807, 2.05) is 124 Å². The van der Waals surface area contributed by atoms with Crippen LogP contribution in [0.1, 0.15) is 241 Å². The summed E-state index contributed by atoms with van der Waals surface area (Å²) >= 11 is 9.47. The van der Waals surface area contributed by atoms with Crippen molar-refractivity contribution in [1.82, 2.24) is 16.0 Å². The Hall–Kier alpha value is -2.33. The molecule has 0 spiro atoms. The molecule has 5 nitrogen and oxygen atoms in total. The first-order valence-corrected chi connectivity index (χ1v) is 28.5. The summed E-state index contributed by atoms with van der Waals surface area (Å²) in [6, 6.07) is 18.7. The van der Waals surface area contributed by atoms with Crippen molar-refractivity contribution in [2.24, 2.45) is 11.7 Å². The minimum absolute atomic E-state index is 0.296. The van der Waals surface area contributed by atoms with Crippen molar-refractivity contribution in [2.75, 3.05) is 27.2 Å². The van der Waals surface area contributed by atoms with Crippen molar-refractivity contribution in [3.63, 3.8) is 0 Å². The summed E-state index contributed by atoms with van der Waals surface area (Å²) < 4.78 is 20.2. The van der Waals surface area contributed by atoms with Gasteiger partial charge < -0.3 is 25.9 Å². The molecule has 408 valence electrons. The molecule has 69 heavy (non-hydrogen) atoms. The van der Waals surface area contributed by atoms with Gasteiger partial charge in [-0.3, -0.25) is 0 Å². The second-order valence-electron chi connectivity index (χ2n) is 14.9. The molecule has 0 saturated carbocycles. The van der Waals surface area contributed by atoms with Crippen molar-refractivity contribution in [3.05, 3.63) is 106 Å². The van der Waals surface area contributed by atoms with Gasteiger partial charge in [-0.2, -0.15) is 0 Å². The van der Waals surface area contributed by atoms with Crippen molar-refractivity contribution in [2.45, 2.75) is 246 Å². The molecule has 3 aromatic rings. The van der Waals surface area contributed by atoms with E-state index in [-0.39, 0.29) is 5.92 Å². The summed E-state index contributed by atoms with van der Waals surface area (Å²) in [6.07, 6.45) is 4.16. The van der Waals surface area contributed by atoms with Gasteiger partial charge in [-0.25, -0.2) is 4.39 Å². The van der Waals surface area contributed by atoms with E-state index in [4.69, 9.17) is 16.8 Å². The summed E-state index contributed by atoms with van der Waals surface area (Å²) in [5.41, 5.74) is 13.8. The Morgan fingerprint density at radius 2 is 1.28 bits per heavy atom. The molecular formula is C61H119FN4OS2. The average molecular weight is 1010 g/mol. The van der Waals surface area contributed by atoms with Gasteiger partial charge in [-0.05, 0) is 118 Å². The Balaban J connectivity index is -0.000000304. The Morgan fingerprint density at radius 1 is 0.754 bits per heavy atom. The van der Waals surface area contributed by atoms with Crippen LogP contribution in [0, 0.1) is 12.8 Å². The normalized spacial score (nSPS) is 17.2. The molecule has 4 bridgehead atoms. The molecule has 7 unspecified atom stereocenters. The summed E-state index contributed by atoms with van der Waals surface area (Å²) in [6.45, 7) is 57.4. The lowest BCUT2D eigenvalue weighted by Gasteiger charge is -2.36. The number of nitrogens with two attached hydrogens (primary N) is 1. The van der Waals surface area contributed by atoms with Gasteiger partial charge in [0, 0.05) is 72.4 Å². The molecule has 0 fully saturated rings. The molecular weight excluding hydrogens is 888 g/mol. The van der Waals surface area contributed by atoms with Crippen molar-refractivity contribution < 1.29 is 8.57 Å². The average Bonchev–Trinajstić information content (AvgIpc) is 3.40. The van der Waals surface area contributed by atoms with Gasteiger partial charge in [0.1, 0.15) is 11.9 Å². The lowest BCUT2D eigenvalue weighted by atomic mass is 9.82. The zero-order valence-corrected chi connectivity index (χ0v) is 52.3. The van der Waals surface area contributed by atoms with Crippen LogP contribution in [0.5, 0.6) is 5.75 Å². The molecule has 2 aliphatic heterocycles. The van der Waals surface area contributed by atoms with Crippen LogP contribution in [0.4, 0.5) is 4.39 Å². The molecule has 3 aromatic carbocycles. The van der Waals surface area contributed by atoms with Crippen LogP contribution in [-0.2, 0) is 12.8 Å². The Labute approximate surface area is 443 Å². The maximum atomic E-state index is 14.3. The smallest absolute Gasteiger partial charge is 0.144 e. The van der Waals surface area contributed by atoms with Crippen LogP contribution in [0.25, 0.3) is 0 Å². The number of hydrogen-bond acceptors (Lipinski definition) is 7. The fourth-order valence-electron chi connectivity index (χ4n) is 7.40. The highest BCUT2D eigenvalue weighted by Crippen LogP contribution is 2.37. The molecule has 8 heteroatoms. The second-order valence-corrected chi connectivity index (χ2v) is 15.5. The zero-order valence-electron chi connectivity index (χ0n) is 50.5. The summed E-state index contributed by atoms with van der Waals surface area (Å²) in [5.74, 6) is 1.69. The van der Waals surface area contributed by atoms with Gasteiger partial charge in [-0.1, -0.05) is 194 Å². The Kier molecular flexibility index (Phi) is 64.4. The number of aryl methyl sites for hydroxylation is 1. The van der Waals surface area contributed by atoms with E-state index in [0.29, 0.717) is 48.7 Å². The van der Waals surface area contributed by atoms with Crippen molar-refractivity contribution in [3.8, 4) is 5.75 Å². The molecule has 0 aliphatic carbocycles. The van der Waals surface area contributed by atoms with E-state index in [1.54, 1.807) is 13.0 Å². The SMILES string of the molecule is C=CC(c1ccc(Cc2cc3cc(c2OS)Cc2ccc(cc2S)C(CC)C(C(C)C)NC(C)C(C)NCC3CC)c(C)c1)C(C)F.CC.CC.CC.CC.CC.CC.CC.CC.CCNC.CN. The lowest BCUT2D eigenvalue weighted by molar-refractivity contribution is 0.277. The van der Waals surface area contributed by atoms with Crippen molar-refractivity contribution in [1.29, 1.82) is 0 Å². The molecule has 0 saturated heterocycles. The van der Waals surface area contributed by atoms with E-state index in [1.165, 1.54) is 29.3 Å². The molecule has 2 aliphatic rings. The van der Waals surface area contributed by atoms with Crippen LogP contribution in [0.3, 0.4) is 0 Å². The minimum Gasteiger partial charge on any atom is -0.428 e. The number of nitrogens with one attached hydrogen (secondary N) is 3. The van der Waals surface area contributed by atoms with Gasteiger partial charge in [-0.15, -0.1) is 19.2 Å². The Bertz CT molecular complexity index is 1550. The largest absolute Gasteiger partial charge is 0.428 e. The summed E-state index contributed by atoms with van der Waals surface area (Å²) in [7, 11) is 3.43. The third kappa shape index (κ3) is 30.3. The van der Waals surface area contributed by atoms with E-state index >= 15 is 0 Å². The number of thiol groups is 2. The highest BCUT2D eigenvalue weighted by atomic mass is 32.1. The first-order chi connectivity index (χ1) is 33.3. The number of alkyl halides is 1. The van der Waals surface area contributed by atoms with Gasteiger partial charge in [0.05, 0.1) is 0 Å². The predicted octanol–water partition coefficient (Wildman–Crippen LogP) is 18.3. The topological polar surface area (TPSA) is 71.3 Å². The van der Waals surface area contributed by atoms with E-state index in [9.17, 15) is 4.39 Å². The minimum atomic E-state index is -0.994.